The molecule has 0 bridgehead atoms. The molecule has 142 valence electrons. The third-order valence-electron chi connectivity index (χ3n) is 3.54. The summed E-state index contributed by atoms with van der Waals surface area (Å²) in [6.07, 6.45) is -0.206. The van der Waals surface area contributed by atoms with Gasteiger partial charge in [-0.3, -0.25) is 14.9 Å². The number of alkyl halides is 3. The number of hydrogen-bond donors (Lipinski definition) is 2. The lowest BCUT2D eigenvalue weighted by Crippen LogP contribution is -2.46. The van der Waals surface area contributed by atoms with Gasteiger partial charge in [-0.1, -0.05) is 0 Å². The number of hydrogen-bond acceptors (Lipinski definition) is 4. The number of halogens is 4. The Morgan fingerprint density at radius 3 is 2.92 bits per heavy atom. The van der Waals surface area contributed by atoms with Crippen LogP contribution in [0.4, 0.5) is 13.2 Å². The fourth-order valence-electron chi connectivity index (χ4n) is 2.51. The van der Waals surface area contributed by atoms with Gasteiger partial charge in [-0.25, -0.2) is 0 Å². The minimum atomic E-state index is -4.15. The van der Waals surface area contributed by atoms with Gasteiger partial charge in [0, 0.05) is 32.4 Å². The molecule has 6 nitrogen and oxygen atoms in total. The summed E-state index contributed by atoms with van der Waals surface area (Å²) in [5, 5.41) is 6.22. The van der Waals surface area contributed by atoms with E-state index in [2.05, 4.69) is 20.6 Å². The van der Waals surface area contributed by atoms with E-state index in [1.807, 2.05) is 6.07 Å². The van der Waals surface area contributed by atoms with Gasteiger partial charge < -0.3 is 15.4 Å². The van der Waals surface area contributed by atoms with Gasteiger partial charge in [0.2, 0.25) is 0 Å². The summed E-state index contributed by atoms with van der Waals surface area (Å²) in [7, 11) is 1.62. The van der Waals surface area contributed by atoms with E-state index in [0.717, 1.165) is 0 Å². The van der Waals surface area contributed by atoms with Gasteiger partial charge in [0.15, 0.2) is 5.96 Å². The molecule has 0 aromatic carbocycles. The maximum absolute atomic E-state index is 12.4. The summed E-state index contributed by atoms with van der Waals surface area (Å²) in [4.78, 5) is 9.43. The number of guanidine groups is 1. The van der Waals surface area contributed by atoms with Gasteiger partial charge in [-0.15, -0.1) is 24.0 Å². The number of pyridine rings is 1. The van der Waals surface area contributed by atoms with Crippen LogP contribution in [0.1, 0.15) is 6.42 Å². The second kappa shape index (κ2) is 10.6. The first-order valence-electron chi connectivity index (χ1n) is 7.75. The lowest BCUT2D eigenvalue weighted by molar-refractivity contribution is -0.143. The van der Waals surface area contributed by atoms with Crippen molar-refractivity contribution < 1.29 is 17.9 Å². The highest BCUT2D eigenvalue weighted by Gasteiger charge is 2.34. The van der Waals surface area contributed by atoms with Gasteiger partial charge in [0.25, 0.3) is 0 Å². The van der Waals surface area contributed by atoms with Crippen LogP contribution < -0.4 is 15.4 Å². The van der Waals surface area contributed by atoms with Crippen LogP contribution in [0.5, 0.6) is 5.75 Å². The molecular weight excluding hydrogens is 450 g/mol. The Morgan fingerprint density at radius 2 is 2.28 bits per heavy atom. The molecule has 1 aromatic heterocycles. The Balaban J connectivity index is 0.00000312. The fraction of sp³-hybridized carbons (Fsp3) is 0.600. The van der Waals surface area contributed by atoms with Crippen molar-refractivity contribution in [1.29, 1.82) is 0 Å². The van der Waals surface area contributed by atoms with Crippen LogP contribution in [0.25, 0.3) is 0 Å². The maximum atomic E-state index is 12.4. The molecule has 1 aromatic rings. The van der Waals surface area contributed by atoms with Crippen LogP contribution in [0, 0.1) is 0 Å². The largest absolute Gasteiger partial charge is 0.490 e. The normalized spacial score (nSPS) is 18.6. The van der Waals surface area contributed by atoms with E-state index in [9.17, 15) is 13.2 Å². The zero-order valence-electron chi connectivity index (χ0n) is 13.9. The molecule has 0 radical (unpaired) electrons. The van der Waals surface area contributed by atoms with E-state index < -0.39 is 12.7 Å². The molecule has 0 amide bonds. The highest BCUT2D eigenvalue weighted by molar-refractivity contribution is 14.0. The van der Waals surface area contributed by atoms with Gasteiger partial charge in [0.1, 0.15) is 12.4 Å². The summed E-state index contributed by atoms with van der Waals surface area (Å²) < 4.78 is 42.7. The molecule has 2 N–H and O–H groups in total. The van der Waals surface area contributed by atoms with E-state index in [-0.39, 0.29) is 30.0 Å². The molecule has 1 saturated heterocycles. The van der Waals surface area contributed by atoms with Crippen LogP contribution in [-0.2, 0) is 0 Å². The molecule has 2 heterocycles. The van der Waals surface area contributed by atoms with E-state index >= 15 is 0 Å². The van der Waals surface area contributed by atoms with E-state index in [1.165, 1.54) is 4.90 Å². The van der Waals surface area contributed by atoms with Gasteiger partial charge in [-0.2, -0.15) is 13.2 Å². The first kappa shape index (κ1) is 21.7. The van der Waals surface area contributed by atoms with Crippen molar-refractivity contribution in [1.82, 2.24) is 20.5 Å². The molecule has 0 saturated carbocycles. The second-order valence-corrected chi connectivity index (χ2v) is 5.52. The third kappa shape index (κ3) is 8.56. The summed E-state index contributed by atoms with van der Waals surface area (Å²) in [6, 6.07) is 3.56. The Morgan fingerprint density at radius 1 is 1.48 bits per heavy atom. The van der Waals surface area contributed by atoms with E-state index in [4.69, 9.17) is 4.74 Å². The minimum Gasteiger partial charge on any atom is -0.490 e. The number of nitrogens with zero attached hydrogens (tertiary/aromatic N) is 3. The van der Waals surface area contributed by atoms with Crippen LogP contribution in [-0.4, -0.2) is 67.9 Å². The molecule has 25 heavy (non-hydrogen) atoms. The number of nitrogens with one attached hydrogen (secondary N) is 2. The first-order valence-corrected chi connectivity index (χ1v) is 7.75. The average Bonchev–Trinajstić information content (AvgIpc) is 2.96. The SMILES string of the molecule is CN=C(NCCOc1cccnc1)NC1CCN(CC(F)(F)F)C1.I. The van der Waals surface area contributed by atoms with Gasteiger partial charge in [-0.05, 0) is 18.6 Å². The van der Waals surface area contributed by atoms with Crippen molar-refractivity contribution in [3.8, 4) is 5.75 Å². The van der Waals surface area contributed by atoms with Crippen LogP contribution >= 0.6 is 24.0 Å². The molecule has 1 aliphatic heterocycles. The van der Waals surface area contributed by atoms with Crippen LogP contribution in [0.15, 0.2) is 29.5 Å². The Kier molecular flexibility index (Phi) is 9.25. The van der Waals surface area contributed by atoms with Crippen LogP contribution in [0.3, 0.4) is 0 Å². The monoisotopic (exact) mass is 473 g/mol. The Labute approximate surface area is 162 Å². The Hall–Kier alpha value is -1.30. The van der Waals surface area contributed by atoms with Crippen LogP contribution in [0.2, 0.25) is 0 Å². The number of aromatic nitrogens is 1. The zero-order chi connectivity index (χ0) is 17.4. The van der Waals surface area contributed by atoms with Crippen molar-refractivity contribution in [3.05, 3.63) is 24.5 Å². The summed E-state index contributed by atoms with van der Waals surface area (Å²) in [5.74, 6) is 1.24. The third-order valence-corrected chi connectivity index (χ3v) is 3.54. The molecule has 1 aliphatic rings. The topological polar surface area (TPSA) is 61.8 Å². The lowest BCUT2D eigenvalue weighted by atomic mass is 10.3. The quantitative estimate of drug-likeness (QED) is 0.286. The molecule has 0 spiro atoms. The highest BCUT2D eigenvalue weighted by Crippen LogP contribution is 2.19. The summed E-state index contributed by atoms with van der Waals surface area (Å²) in [6.45, 7) is 0.867. The minimum absolute atomic E-state index is 0. The fourth-order valence-corrected chi connectivity index (χ4v) is 2.51. The van der Waals surface area contributed by atoms with Gasteiger partial charge in [0.05, 0.1) is 19.3 Å². The first-order chi connectivity index (χ1) is 11.5. The van der Waals surface area contributed by atoms with Crippen molar-refractivity contribution in [2.75, 3.05) is 39.8 Å². The predicted molar refractivity (Wildman–Crippen MR) is 101 cm³/mol. The highest BCUT2D eigenvalue weighted by atomic mass is 127. The number of likely N-dealkylation sites (tertiary alicyclic amines) is 1. The molecular formula is C15H23F3IN5O. The number of aliphatic imine (C=N–C) groups is 1. The summed E-state index contributed by atoms with van der Waals surface area (Å²) in [5.41, 5.74) is 0. The summed E-state index contributed by atoms with van der Waals surface area (Å²) >= 11 is 0. The molecule has 10 heteroatoms. The predicted octanol–water partition coefficient (Wildman–Crippen LogP) is 1.88. The molecule has 1 fully saturated rings. The standard InChI is InChI=1S/C15H22F3N5O.HI/c1-19-14(21-6-8-24-13-3-2-5-20-9-13)22-12-4-7-23(10-12)11-15(16,17)18;/h2-3,5,9,12H,4,6-8,10-11H2,1H3,(H2,19,21,22);1H. The van der Waals surface area contributed by atoms with Crippen molar-refractivity contribution in [3.63, 3.8) is 0 Å². The van der Waals surface area contributed by atoms with Gasteiger partial charge >= 0.3 is 6.18 Å². The molecule has 0 aliphatic carbocycles. The molecule has 1 unspecified atom stereocenters. The average molecular weight is 473 g/mol. The van der Waals surface area contributed by atoms with Crippen molar-refractivity contribution >= 4 is 29.9 Å². The lowest BCUT2D eigenvalue weighted by Gasteiger charge is -2.19. The van der Waals surface area contributed by atoms with E-state index in [1.54, 1.807) is 25.5 Å². The van der Waals surface area contributed by atoms with Crippen molar-refractivity contribution in [2.24, 2.45) is 4.99 Å². The molecule has 2 rings (SSSR count). The maximum Gasteiger partial charge on any atom is 0.401 e. The molecule has 1 atom stereocenters. The van der Waals surface area contributed by atoms with Crippen molar-refractivity contribution in [2.45, 2.75) is 18.6 Å². The van der Waals surface area contributed by atoms with E-state index in [0.29, 0.717) is 44.4 Å². The Bertz CT molecular complexity index is 530. The zero-order valence-corrected chi connectivity index (χ0v) is 16.3. The smallest absolute Gasteiger partial charge is 0.401 e. The number of rotatable bonds is 6. The number of ether oxygens (including phenoxy) is 1. The second-order valence-electron chi connectivity index (χ2n) is 5.52.